The van der Waals surface area contributed by atoms with Gasteiger partial charge in [0, 0.05) is 29.5 Å². The molecule has 0 aliphatic carbocycles. The van der Waals surface area contributed by atoms with E-state index in [1.54, 1.807) is 24.3 Å². The van der Waals surface area contributed by atoms with Crippen LogP contribution in [0.15, 0.2) is 42.5 Å². The summed E-state index contributed by atoms with van der Waals surface area (Å²) in [7, 11) is 0. The van der Waals surface area contributed by atoms with E-state index >= 15 is 0 Å². The van der Waals surface area contributed by atoms with E-state index in [-0.39, 0.29) is 31.1 Å². The number of nitrogens with zero attached hydrogens (tertiary/aromatic N) is 1. The molecule has 1 heterocycles. The standard InChI is InChI=1S/C19H18F2N4O3/c20-14-6-5-13(9-15(14)21)25-7-8-28-16(19(25)27)10-17(26)24-12-3-1-11(2-4-12)18(22)23/h1-6,9,16H,7-8,10H2,(H3,22,23)(H,24,26). The fraction of sp³-hybridized carbons (Fsp3) is 0.211. The summed E-state index contributed by atoms with van der Waals surface area (Å²) in [4.78, 5) is 26.1. The molecule has 0 bridgehead atoms. The van der Waals surface area contributed by atoms with E-state index in [0.717, 1.165) is 12.1 Å². The Morgan fingerprint density at radius 2 is 1.93 bits per heavy atom. The third-order valence-electron chi connectivity index (χ3n) is 4.24. The highest BCUT2D eigenvalue weighted by molar-refractivity contribution is 6.01. The number of carbonyl (C=O) groups is 2. The van der Waals surface area contributed by atoms with Gasteiger partial charge in [-0.05, 0) is 36.4 Å². The number of rotatable bonds is 5. The molecule has 9 heteroatoms. The average molecular weight is 388 g/mol. The Balaban J connectivity index is 1.64. The number of benzene rings is 2. The number of carbonyl (C=O) groups excluding carboxylic acids is 2. The average Bonchev–Trinajstić information content (AvgIpc) is 2.66. The van der Waals surface area contributed by atoms with Crippen LogP contribution in [0.25, 0.3) is 0 Å². The van der Waals surface area contributed by atoms with Gasteiger partial charge in [-0.15, -0.1) is 0 Å². The van der Waals surface area contributed by atoms with E-state index in [1.807, 2.05) is 0 Å². The lowest BCUT2D eigenvalue weighted by Gasteiger charge is -2.32. The van der Waals surface area contributed by atoms with Crippen LogP contribution in [0.4, 0.5) is 20.2 Å². The van der Waals surface area contributed by atoms with Gasteiger partial charge in [-0.2, -0.15) is 0 Å². The van der Waals surface area contributed by atoms with Gasteiger partial charge >= 0.3 is 0 Å². The third kappa shape index (κ3) is 4.32. The molecule has 1 aliphatic heterocycles. The number of nitrogens with two attached hydrogens (primary N) is 1. The first-order valence-electron chi connectivity index (χ1n) is 8.47. The minimum absolute atomic E-state index is 0.0867. The van der Waals surface area contributed by atoms with Crippen molar-refractivity contribution in [1.82, 2.24) is 0 Å². The molecule has 0 radical (unpaired) electrons. The Bertz CT molecular complexity index is 918. The van der Waals surface area contributed by atoms with Crippen LogP contribution in [-0.2, 0) is 14.3 Å². The van der Waals surface area contributed by atoms with Crippen molar-refractivity contribution in [2.45, 2.75) is 12.5 Å². The van der Waals surface area contributed by atoms with Crippen molar-refractivity contribution in [3.63, 3.8) is 0 Å². The van der Waals surface area contributed by atoms with Crippen LogP contribution in [-0.4, -0.2) is 36.9 Å². The van der Waals surface area contributed by atoms with Gasteiger partial charge in [-0.1, -0.05) is 0 Å². The van der Waals surface area contributed by atoms with Crippen LogP contribution in [0.1, 0.15) is 12.0 Å². The van der Waals surface area contributed by atoms with Gasteiger partial charge in [0.2, 0.25) is 5.91 Å². The molecule has 1 unspecified atom stereocenters. The van der Waals surface area contributed by atoms with Crippen molar-refractivity contribution >= 4 is 29.0 Å². The fourth-order valence-corrected chi connectivity index (χ4v) is 2.81. The first-order valence-corrected chi connectivity index (χ1v) is 8.47. The number of morpholine rings is 1. The molecule has 1 aliphatic rings. The molecule has 0 spiro atoms. The molecular formula is C19H18F2N4O3. The van der Waals surface area contributed by atoms with Gasteiger partial charge in [0.25, 0.3) is 5.91 Å². The molecule has 1 atom stereocenters. The second-order valence-corrected chi connectivity index (χ2v) is 6.19. The molecule has 146 valence electrons. The lowest BCUT2D eigenvalue weighted by atomic mass is 10.1. The second kappa shape index (κ2) is 8.13. The van der Waals surface area contributed by atoms with Crippen molar-refractivity contribution in [1.29, 1.82) is 5.41 Å². The Kier molecular flexibility index (Phi) is 5.65. The smallest absolute Gasteiger partial charge is 0.256 e. The van der Waals surface area contributed by atoms with Crippen LogP contribution in [0.2, 0.25) is 0 Å². The number of nitrogen functional groups attached to an aromatic ring is 1. The topological polar surface area (TPSA) is 109 Å². The zero-order chi connectivity index (χ0) is 20.3. The van der Waals surface area contributed by atoms with Crippen LogP contribution < -0.4 is 16.0 Å². The van der Waals surface area contributed by atoms with Crippen molar-refractivity contribution in [3.05, 3.63) is 59.7 Å². The van der Waals surface area contributed by atoms with Gasteiger partial charge in [0.05, 0.1) is 13.0 Å². The van der Waals surface area contributed by atoms with Crippen LogP contribution in [0.5, 0.6) is 0 Å². The van der Waals surface area contributed by atoms with E-state index in [2.05, 4.69) is 5.32 Å². The molecule has 1 saturated heterocycles. The molecule has 0 aromatic heterocycles. The molecule has 4 N–H and O–H groups in total. The molecule has 2 amide bonds. The number of anilines is 2. The maximum Gasteiger partial charge on any atom is 0.256 e. The molecule has 1 fully saturated rings. The summed E-state index contributed by atoms with van der Waals surface area (Å²) >= 11 is 0. The quantitative estimate of drug-likeness (QED) is 0.538. The third-order valence-corrected chi connectivity index (χ3v) is 4.24. The molecule has 2 aromatic rings. The summed E-state index contributed by atoms with van der Waals surface area (Å²) in [5, 5.41) is 9.98. The van der Waals surface area contributed by atoms with Crippen molar-refractivity contribution in [2.75, 3.05) is 23.4 Å². The monoisotopic (exact) mass is 388 g/mol. The van der Waals surface area contributed by atoms with E-state index in [1.165, 1.54) is 11.0 Å². The lowest BCUT2D eigenvalue weighted by molar-refractivity contribution is -0.137. The van der Waals surface area contributed by atoms with E-state index < -0.39 is 29.6 Å². The van der Waals surface area contributed by atoms with E-state index in [0.29, 0.717) is 11.3 Å². The Morgan fingerprint density at radius 3 is 2.57 bits per heavy atom. The van der Waals surface area contributed by atoms with Crippen molar-refractivity contribution < 1.29 is 23.1 Å². The number of amides is 2. The molecule has 28 heavy (non-hydrogen) atoms. The number of hydrogen-bond donors (Lipinski definition) is 3. The highest BCUT2D eigenvalue weighted by Gasteiger charge is 2.32. The summed E-state index contributed by atoms with van der Waals surface area (Å²) in [5.41, 5.74) is 6.58. The molecular weight excluding hydrogens is 370 g/mol. The highest BCUT2D eigenvalue weighted by Crippen LogP contribution is 2.22. The van der Waals surface area contributed by atoms with Gasteiger partial charge in [0.1, 0.15) is 11.9 Å². The largest absolute Gasteiger partial charge is 0.384 e. The maximum atomic E-state index is 13.5. The Morgan fingerprint density at radius 1 is 1.21 bits per heavy atom. The highest BCUT2D eigenvalue weighted by atomic mass is 19.2. The zero-order valence-corrected chi connectivity index (χ0v) is 14.7. The summed E-state index contributed by atoms with van der Waals surface area (Å²) in [5.74, 6) is -3.09. The van der Waals surface area contributed by atoms with Crippen molar-refractivity contribution in [3.8, 4) is 0 Å². The van der Waals surface area contributed by atoms with Crippen LogP contribution in [0, 0.1) is 17.0 Å². The SMILES string of the molecule is N=C(N)c1ccc(NC(=O)CC2OCCN(c3ccc(F)c(F)c3)C2=O)cc1. The Hall–Kier alpha value is -3.33. The minimum atomic E-state index is -1.06. The van der Waals surface area contributed by atoms with Gasteiger partial charge in [-0.25, -0.2) is 8.78 Å². The summed E-state index contributed by atoms with van der Waals surface area (Å²) in [6, 6.07) is 9.54. The van der Waals surface area contributed by atoms with Crippen LogP contribution in [0.3, 0.4) is 0 Å². The van der Waals surface area contributed by atoms with E-state index in [4.69, 9.17) is 15.9 Å². The van der Waals surface area contributed by atoms with Crippen molar-refractivity contribution in [2.24, 2.45) is 5.73 Å². The van der Waals surface area contributed by atoms with E-state index in [9.17, 15) is 18.4 Å². The maximum absolute atomic E-state index is 13.5. The fourth-order valence-electron chi connectivity index (χ4n) is 2.81. The zero-order valence-electron chi connectivity index (χ0n) is 14.7. The summed E-state index contributed by atoms with van der Waals surface area (Å²) in [6.45, 7) is 0.338. The normalized spacial score (nSPS) is 16.7. The molecule has 7 nitrogen and oxygen atoms in total. The minimum Gasteiger partial charge on any atom is -0.384 e. The van der Waals surface area contributed by atoms with Crippen LogP contribution >= 0.6 is 0 Å². The van der Waals surface area contributed by atoms with Gasteiger partial charge < -0.3 is 20.7 Å². The number of nitrogens with one attached hydrogen (secondary N) is 2. The number of halogens is 2. The molecule has 0 saturated carbocycles. The summed E-state index contributed by atoms with van der Waals surface area (Å²) < 4.78 is 32.0. The first kappa shape index (κ1) is 19.4. The first-order chi connectivity index (χ1) is 13.3. The predicted octanol–water partition coefficient (Wildman–Crippen LogP) is 2.01. The lowest BCUT2D eigenvalue weighted by Crippen LogP contribution is -2.49. The molecule has 3 rings (SSSR count). The summed E-state index contributed by atoms with van der Waals surface area (Å²) in [6.07, 6.45) is -1.26. The molecule has 2 aromatic carbocycles. The predicted molar refractivity (Wildman–Crippen MR) is 99.2 cm³/mol. The number of amidine groups is 1. The number of ether oxygens (including phenoxy) is 1. The van der Waals surface area contributed by atoms with Gasteiger partial charge in [-0.3, -0.25) is 15.0 Å². The Labute approximate surface area is 159 Å². The van der Waals surface area contributed by atoms with Gasteiger partial charge in [0.15, 0.2) is 11.6 Å². The number of hydrogen-bond acceptors (Lipinski definition) is 4. The second-order valence-electron chi connectivity index (χ2n) is 6.19.